The highest BCUT2D eigenvalue weighted by molar-refractivity contribution is 5.99. The van der Waals surface area contributed by atoms with Crippen molar-refractivity contribution < 1.29 is 9.90 Å². The lowest BCUT2D eigenvalue weighted by Crippen LogP contribution is -2.19. The monoisotopic (exact) mass is 247 g/mol. The second-order valence-electron chi connectivity index (χ2n) is 3.53. The molecule has 2 heterocycles. The van der Waals surface area contributed by atoms with Crippen molar-refractivity contribution in [1.29, 1.82) is 0 Å². The Kier molecular flexibility index (Phi) is 3.87. The van der Waals surface area contributed by atoms with Crippen LogP contribution >= 0.6 is 0 Å². The minimum absolute atomic E-state index is 0.00430. The first kappa shape index (κ1) is 12.1. The molecule has 0 saturated carbocycles. The Morgan fingerprint density at radius 2 is 2.00 bits per heavy atom. The normalized spacial score (nSPS) is 10.1. The summed E-state index contributed by atoms with van der Waals surface area (Å²) in [6.07, 6.45) is 6.34. The summed E-state index contributed by atoms with van der Waals surface area (Å²) < 4.78 is 1.54. The maximum Gasteiger partial charge on any atom is 0.323 e. The molecule has 0 aliphatic heterocycles. The Balaban J connectivity index is 1.90. The number of nitrogens with zero attached hydrogens (tertiary/aromatic N) is 3. The van der Waals surface area contributed by atoms with Crippen molar-refractivity contribution >= 4 is 17.4 Å². The minimum Gasteiger partial charge on any atom is -0.394 e. The number of hydrogen-bond acceptors (Lipinski definition) is 4. The molecule has 0 bridgehead atoms. The fraction of sp³-hybridized carbons (Fsp3) is 0.182. The Morgan fingerprint density at radius 3 is 2.72 bits per heavy atom. The molecule has 18 heavy (non-hydrogen) atoms. The van der Waals surface area contributed by atoms with Crippen LogP contribution in [0.15, 0.2) is 36.9 Å². The molecule has 0 fully saturated rings. The van der Waals surface area contributed by atoms with Gasteiger partial charge < -0.3 is 15.7 Å². The summed E-state index contributed by atoms with van der Waals surface area (Å²) in [5.41, 5.74) is 1.22. The number of aliphatic hydroxyl groups excluding tert-OH is 1. The van der Waals surface area contributed by atoms with Crippen LogP contribution in [0.25, 0.3) is 0 Å². The summed E-state index contributed by atoms with van der Waals surface area (Å²) in [7, 11) is 0. The van der Waals surface area contributed by atoms with Gasteiger partial charge in [0.2, 0.25) is 0 Å². The molecule has 0 radical (unpaired) electrons. The number of aromatic nitrogens is 3. The molecule has 2 amide bonds. The van der Waals surface area contributed by atoms with Gasteiger partial charge in [-0.05, 0) is 12.1 Å². The highest BCUT2D eigenvalue weighted by Crippen LogP contribution is 2.07. The van der Waals surface area contributed by atoms with Crippen molar-refractivity contribution in [2.45, 2.75) is 6.54 Å². The number of pyridine rings is 1. The quantitative estimate of drug-likeness (QED) is 0.749. The molecule has 7 nitrogen and oxygen atoms in total. The lowest BCUT2D eigenvalue weighted by atomic mass is 10.4. The zero-order chi connectivity index (χ0) is 12.8. The highest BCUT2D eigenvalue weighted by Gasteiger charge is 2.04. The Bertz CT molecular complexity index is 511. The molecule has 0 spiro atoms. The molecule has 0 atom stereocenters. The van der Waals surface area contributed by atoms with E-state index in [1.807, 2.05) is 0 Å². The van der Waals surface area contributed by atoms with Gasteiger partial charge in [-0.3, -0.25) is 9.67 Å². The number of rotatable bonds is 4. The van der Waals surface area contributed by atoms with E-state index in [4.69, 9.17) is 5.11 Å². The van der Waals surface area contributed by atoms with Gasteiger partial charge in [-0.2, -0.15) is 5.10 Å². The zero-order valence-electron chi connectivity index (χ0n) is 9.58. The molecule has 0 aliphatic rings. The van der Waals surface area contributed by atoms with Crippen molar-refractivity contribution in [2.75, 3.05) is 17.2 Å². The van der Waals surface area contributed by atoms with Gasteiger partial charge in [-0.25, -0.2) is 4.79 Å². The molecule has 0 aliphatic carbocycles. The van der Waals surface area contributed by atoms with E-state index in [9.17, 15) is 4.79 Å². The maximum absolute atomic E-state index is 11.6. The van der Waals surface area contributed by atoms with Crippen molar-refractivity contribution in [3.8, 4) is 0 Å². The average Bonchev–Trinajstić information content (AvgIpc) is 2.78. The number of carbonyl (C=O) groups is 1. The van der Waals surface area contributed by atoms with E-state index in [-0.39, 0.29) is 12.6 Å². The van der Waals surface area contributed by atoms with Crippen LogP contribution in [0.3, 0.4) is 0 Å². The number of nitrogens with one attached hydrogen (secondary N) is 2. The first-order chi connectivity index (χ1) is 8.78. The number of urea groups is 1. The first-order valence-electron chi connectivity index (χ1n) is 5.39. The van der Waals surface area contributed by atoms with Crippen LogP contribution in [-0.4, -0.2) is 32.5 Å². The Hall–Kier alpha value is -2.41. The van der Waals surface area contributed by atoms with E-state index in [0.29, 0.717) is 17.9 Å². The summed E-state index contributed by atoms with van der Waals surface area (Å²) in [5, 5.41) is 18.0. The third-order valence-electron chi connectivity index (χ3n) is 2.16. The summed E-state index contributed by atoms with van der Waals surface area (Å²) in [4.78, 5) is 15.5. The molecule has 94 valence electrons. The van der Waals surface area contributed by atoms with Crippen molar-refractivity contribution in [2.24, 2.45) is 0 Å². The summed E-state index contributed by atoms with van der Waals surface area (Å²) in [6.45, 7) is 0.401. The molecule has 0 aromatic carbocycles. The SMILES string of the molecule is O=C(Nc1ccncc1)Nc1cnn(CCO)c1. The van der Waals surface area contributed by atoms with E-state index in [1.54, 1.807) is 35.4 Å². The fourth-order valence-electron chi connectivity index (χ4n) is 1.38. The van der Waals surface area contributed by atoms with Crippen LogP contribution in [0.4, 0.5) is 16.2 Å². The fourth-order valence-corrected chi connectivity index (χ4v) is 1.38. The van der Waals surface area contributed by atoms with E-state index in [2.05, 4.69) is 20.7 Å². The van der Waals surface area contributed by atoms with Gasteiger partial charge in [0, 0.05) is 24.3 Å². The zero-order valence-corrected chi connectivity index (χ0v) is 9.58. The smallest absolute Gasteiger partial charge is 0.323 e. The average molecular weight is 247 g/mol. The van der Waals surface area contributed by atoms with Crippen LogP contribution in [0.2, 0.25) is 0 Å². The van der Waals surface area contributed by atoms with Gasteiger partial charge in [0.15, 0.2) is 0 Å². The molecule has 0 saturated heterocycles. The number of carbonyl (C=O) groups excluding carboxylic acids is 1. The lowest BCUT2D eigenvalue weighted by molar-refractivity contribution is 0.262. The molecule has 3 N–H and O–H groups in total. The highest BCUT2D eigenvalue weighted by atomic mass is 16.3. The Labute approximate surface area is 103 Å². The molecule has 2 rings (SSSR count). The van der Waals surface area contributed by atoms with Crippen LogP contribution < -0.4 is 10.6 Å². The van der Waals surface area contributed by atoms with Crippen molar-refractivity contribution in [3.05, 3.63) is 36.9 Å². The summed E-state index contributed by atoms with van der Waals surface area (Å²) >= 11 is 0. The topological polar surface area (TPSA) is 92.1 Å². The third kappa shape index (κ3) is 3.29. The molecule has 0 unspecified atom stereocenters. The second-order valence-corrected chi connectivity index (χ2v) is 3.53. The van der Waals surface area contributed by atoms with Crippen LogP contribution in [0.5, 0.6) is 0 Å². The first-order valence-corrected chi connectivity index (χ1v) is 5.39. The number of aliphatic hydroxyl groups is 1. The van der Waals surface area contributed by atoms with Gasteiger partial charge in [-0.1, -0.05) is 0 Å². The van der Waals surface area contributed by atoms with E-state index in [0.717, 1.165) is 0 Å². The molecule has 2 aromatic heterocycles. The molecular weight excluding hydrogens is 234 g/mol. The van der Waals surface area contributed by atoms with E-state index >= 15 is 0 Å². The molecular formula is C11H13N5O2. The predicted octanol–water partition coefficient (Wildman–Crippen LogP) is 0.914. The molecule has 2 aromatic rings. The van der Waals surface area contributed by atoms with Crippen LogP contribution in [0, 0.1) is 0 Å². The van der Waals surface area contributed by atoms with E-state index < -0.39 is 0 Å². The van der Waals surface area contributed by atoms with E-state index in [1.165, 1.54) is 6.20 Å². The largest absolute Gasteiger partial charge is 0.394 e. The standard InChI is InChI=1S/C11H13N5O2/c17-6-5-16-8-10(7-13-16)15-11(18)14-9-1-3-12-4-2-9/h1-4,7-8,17H,5-6H2,(H2,12,14,15,18). The lowest BCUT2D eigenvalue weighted by Gasteiger charge is -2.04. The third-order valence-corrected chi connectivity index (χ3v) is 2.16. The van der Waals surface area contributed by atoms with Crippen molar-refractivity contribution in [3.63, 3.8) is 0 Å². The number of hydrogen-bond donors (Lipinski definition) is 3. The predicted molar refractivity (Wildman–Crippen MR) is 66.2 cm³/mol. The van der Waals surface area contributed by atoms with Gasteiger partial charge in [0.25, 0.3) is 0 Å². The van der Waals surface area contributed by atoms with Gasteiger partial charge in [0.05, 0.1) is 25.0 Å². The number of amides is 2. The summed E-state index contributed by atoms with van der Waals surface area (Å²) in [5.74, 6) is 0. The maximum atomic E-state index is 11.6. The van der Waals surface area contributed by atoms with Crippen LogP contribution in [-0.2, 0) is 6.54 Å². The van der Waals surface area contributed by atoms with Crippen LogP contribution in [0.1, 0.15) is 0 Å². The second kappa shape index (κ2) is 5.78. The Morgan fingerprint density at radius 1 is 1.28 bits per heavy atom. The summed E-state index contributed by atoms with van der Waals surface area (Å²) in [6, 6.07) is 3.02. The van der Waals surface area contributed by atoms with Gasteiger partial charge in [-0.15, -0.1) is 0 Å². The van der Waals surface area contributed by atoms with Gasteiger partial charge in [0.1, 0.15) is 0 Å². The molecule has 7 heteroatoms. The minimum atomic E-state index is -0.357. The van der Waals surface area contributed by atoms with Crippen molar-refractivity contribution in [1.82, 2.24) is 14.8 Å². The van der Waals surface area contributed by atoms with Gasteiger partial charge >= 0.3 is 6.03 Å². The number of anilines is 2.